The molecule has 1 N–H and O–H groups in total. The molecule has 0 aliphatic carbocycles. The van der Waals surface area contributed by atoms with Gasteiger partial charge in [-0.15, -0.1) is 5.10 Å². The monoisotopic (exact) mass is 420 g/mol. The number of fused-ring (bicyclic) bond motifs is 3. The number of aromatic nitrogens is 6. The number of rotatable bonds is 3. The number of halogens is 1. The fraction of sp³-hybridized carbons (Fsp3) is 0.0500. The molecule has 0 saturated heterocycles. The Bertz CT molecular complexity index is 1440. The first-order chi connectivity index (χ1) is 14.6. The highest BCUT2D eigenvalue weighted by atomic mass is 35.5. The van der Waals surface area contributed by atoms with Crippen LogP contribution < -0.4 is 0 Å². The standard InChI is InChI=1S/C20H13ClN6O3/c1-30-20(29)17-18(28)14-7-3-6-13(16(14)19-22-10-23-27(17)19)15-9-26(25-24-15)12-5-2-4-11(21)8-12/h2-10,28H,1H3. The van der Waals surface area contributed by atoms with E-state index in [0.717, 1.165) is 5.69 Å². The average molecular weight is 421 g/mol. The van der Waals surface area contributed by atoms with E-state index in [1.165, 1.54) is 18.0 Å². The summed E-state index contributed by atoms with van der Waals surface area (Å²) in [7, 11) is 1.24. The maximum absolute atomic E-state index is 12.2. The molecule has 0 aliphatic rings. The second-order valence-electron chi connectivity index (χ2n) is 6.44. The Morgan fingerprint density at radius 3 is 2.83 bits per heavy atom. The lowest BCUT2D eigenvalue weighted by Gasteiger charge is -2.11. The van der Waals surface area contributed by atoms with Gasteiger partial charge in [0.1, 0.15) is 12.0 Å². The SMILES string of the molecule is COC(=O)c1c(O)c2cccc(-c3cn(-c4cccc(Cl)c4)nn3)c2c2ncnn12. The van der Waals surface area contributed by atoms with Gasteiger partial charge in [0.05, 0.1) is 19.0 Å². The van der Waals surface area contributed by atoms with E-state index < -0.39 is 5.97 Å². The van der Waals surface area contributed by atoms with Gasteiger partial charge in [0.25, 0.3) is 0 Å². The minimum Gasteiger partial charge on any atom is -0.505 e. The zero-order valence-electron chi connectivity index (χ0n) is 15.5. The minimum atomic E-state index is -0.720. The lowest BCUT2D eigenvalue weighted by molar-refractivity contribution is 0.0587. The van der Waals surface area contributed by atoms with Gasteiger partial charge in [-0.1, -0.05) is 41.1 Å². The summed E-state index contributed by atoms with van der Waals surface area (Å²) in [5, 5.41) is 24.9. The molecule has 9 nitrogen and oxygen atoms in total. The maximum atomic E-state index is 12.2. The van der Waals surface area contributed by atoms with Gasteiger partial charge in [0.15, 0.2) is 17.1 Å². The first kappa shape index (κ1) is 18.1. The fourth-order valence-corrected chi connectivity index (χ4v) is 3.60. The van der Waals surface area contributed by atoms with Crippen molar-refractivity contribution >= 4 is 34.0 Å². The van der Waals surface area contributed by atoms with E-state index >= 15 is 0 Å². The Kier molecular flexibility index (Phi) is 4.11. The molecule has 5 rings (SSSR count). The second kappa shape index (κ2) is 6.82. The van der Waals surface area contributed by atoms with E-state index in [-0.39, 0.29) is 11.4 Å². The number of hydrogen-bond acceptors (Lipinski definition) is 7. The van der Waals surface area contributed by atoms with Crippen LogP contribution in [0.3, 0.4) is 0 Å². The number of aromatic hydroxyl groups is 1. The molecule has 0 fully saturated rings. The predicted molar refractivity (Wildman–Crippen MR) is 109 cm³/mol. The number of carbonyl (C=O) groups is 1. The van der Waals surface area contributed by atoms with Gasteiger partial charge >= 0.3 is 5.97 Å². The summed E-state index contributed by atoms with van der Waals surface area (Å²) in [6, 6.07) is 12.5. The van der Waals surface area contributed by atoms with Gasteiger partial charge in [-0.25, -0.2) is 19.0 Å². The molecular weight excluding hydrogens is 408 g/mol. The van der Waals surface area contributed by atoms with E-state index in [2.05, 4.69) is 20.4 Å². The molecular formula is C20H13ClN6O3. The molecule has 0 spiro atoms. The normalized spacial score (nSPS) is 11.3. The van der Waals surface area contributed by atoms with Crippen LogP contribution in [0, 0.1) is 0 Å². The number of pyridine rings is 1. The fourth-order valence-electron chi connectivity index (χ4n) is 3.42. The second-order valence-corrected chi connectivity index (χ2v) is 6.88. The highest BCUT2D eigenvalue weighted by Gasteiger charge is 2.24. The number of benzene rings is 2. The van der Waals surface area contributed by atoms with Gasteiger partial charge in [0.2, 0.25) is 0 Å². The summed E-state index contributed by atoms with van der Waals surface area (Å²) in [6.45, 7) is 0. The summed E-state index contributed by atoms with van der Waals surface area (Å²) >= 11 is 6.07. The molecule has 0 radical (unpaired) electrons. The molecule has 0 bridgehead atoms. The van der Waals surface area contributed by atoms with Crippen molar-refractivity contribution in [2.45, 2.75) is 0 Å². The van der Waals surface area contributed by atoms with Crippen molar-refractivity contribution in [1.82, 2.24) is 29.6 Å². The van der Waals surface area contributed by atoms with Crippen molar-refractivity contribution in [3.63, 3.8) is 0 Å². The Balaban J connectivity index is 1.77. The molecule has 0 amide bonds. The molecule has 0 aliphatic heterocycles. The average Bonchev–Trinajstić information content (AvgIpc) is 3.43. The van der Waals surface area contributed by atoms with Crippen LogP contribution in [0.4, 0.5) is 0 Å². The third kappa shape index (κ3) is 2.67. The number of nitrogens with zero attached hydrogens (tertiary/aromatic N) is 6. The topological polar surface area (TPSA) is 107 Å². The van der Waals surface area contributed by atoms with Crippen LogP contribution in [0.1, 0.15) is 10.5 Å². The molecule has 3 heterocycles. The van der Waals surface area contributed by atoms with Crippen molar-refractivity contribution < 1.29 is 14.6 Å². The van der Waals surface area contributed by atoms with Gasteiger partial charge < -0.3 is 9.84 Å². The van der Waals surface area contributed by atoms with Crippen molar-refractivity contribution in [1.29, 1.82) is 0 Å². The quantitative estimate of drug-likeness (QED) is 0.446. The molecule has 2 aromatic carbocycles. The summed E-state index contributed by atoms with van der Waals surface area (Å²) in [4.78, 5) is 16.5. The van der Waals surface area contributed by atoms with E-state index in [4.69, 9.17) is 16.3 Å². The van der Waals surface area contributed by atoms with Crippen LogP contribution in [-0.2, 0) is 4.74 Å². The van der Waals surface area contributed by atoms with Crippen molar-refractivity contribution in [3.05, 3.63) is 65.7 Å². The molecule has 0 atom stereocenters. The van der Waals surface area contributed by atoms with E-state index in [1.807, 2.05) is 18.2 Å². The van der Waals surface area contributed by atoms with Crippen LogP contribution in [-0.4, -0.2) is 47.8 Å². The highest BCUT2D eigenvalue weighted by molar-refractivity contribution is 6.30. The van der Waals surface area contributed by atoms with Crippen LogP contribution in [0.2, 0.25) is 5.02 Å². The predicted octanol–water partition coefficient (Wildman–Crippen LogP) is 3.28. The van der Waals surface area contributed by atoms with E-state index in [9.17, 15) is 9.90 Å². The number of hydrogen-bond donors (Lipinski definition) is 1. The maximum Gasteiger partial charge on any atom is 0.360 e. The van der Waals surface area contributed by atoms with Gasteiger partial charge in [0, 0.05) is 21.4 Å². The Morgan fingerprint density at radius 1 is 1.20 bits per heavy atom. The molecule has 0 saturated carbocycles. The van der Waals surface area contributed by atoms with Crippen LogP contribution in [0.5, 0.6) is 5.75 Å². The largest absolute Gasteiger partial charge is 0.505 e. The summed E-state index contributed by atoms with van der Waals surface area (Å²) in [6.07, 6.45) is 3.05. The third-order valence-corrected chi connectivity index (χ3v) is 4.98. The lowest BCUT2D eigenvalue weighted by Crippen LogP contribution is -2.10. The van der Waals surface area contributed by atoms with Crippen LogP contribution in [0.15, 0.2) is 55.0 Å². The first-order valence-electron chi connectivity index (χ1n) is 8.83. The van der Waals surface area contributed by atoms with E-state index in [0.29, 0.717) is 32.7 Å². The molecule has 148 valence electrons. The van der Waals surface area contributed by atoms with Crippen molar-refractivity contribution in [2.24, 2.45) is 0 Å². The summed E-state index contributed by atoms with van der Waals surface area (Å²) in [5.41, 5.74) is 2.26. The van der Waals surface area contributed by atoms with Gasteiger partial charge in [-0.3, -0.25) is 0 Å². The van der Waals surface area contributed by atoms with Crippen LogP contribution in [0.25, 0.3) is 33.4 Å². The highest BCUT2D eigenvalue weighted by Crippen LogP contribution is 2.37. The number of ether oxygens (including phenoxy) is 1. The lowest BCUT2D eigenvalue weighted by atomic mass is 10.0. The zero-order chi connectivity index (χ0) is 20.8. The van der Waals surface area contributed by atoms with Gasteiger partial charge in [-0.2, -0.15) is 5.10 Å². The molecule has 10 heteroatoms. The third-order valence-electron chi connectivity index (χ3n) is 4.75. The Labute approximate surface area is 174 Å². The molecule has 3 aromatic heterocycles. The zero-order valence-corrected chi connectivity index (χ0v) is 16.3. The van der Waals surface area contributed by atoms with Crippen molar-refractivity contribution in [2.75, 3.05) is 7.11 Å². The van der Waals surface area contributed by atoms with Crippen LogP contribution >= 0.6 is 11.6 Å². The van der Waals surface area contributed by atoms with Crippen molar-refractivity contribution in [3.8, 4) is 22.7 Å². The number of esters is 1. The minimum absolute atomic E-state index is 0.0998. The molecule has 5 aromatic rings. The summed E-state index contributed by atoms with van der Waals surface area (Å²) < 4.78 is 7.66. The van der Waals surface area contributed by atoms with Gasteiger partial charge in [-0.05, 0) is 18.2 Å². The van der Waals surface area contributed by atoms with E-state index in [1.54, 1.807) is 35.1 Å². The Morgan fingerprint density at radius 2 is 2.03 bits per heavy atom. The molecule has 0 unspecified atom stereocenters. The smallest absolute Gasteiger partial charge is 0.360 e. The number of methoxy groups -OCH3 is 1. The number of carbonyl (C=O) groups excluding carboxylic acids is 1. The summed E-state index contributed by atoms with van der Waals surface area (Å²) in [5.74, 6) is -0.971. The first-order valence-corrected chi connectivity index (χ1v) is 9.20. The molecule has 30 heavy (non-hydrogen) atoms. The Hall–Kier alpha value is -3.98.